The Morgan fingerprint density at radius 1 is 1.31 bits per heavy atom. The fourth-order valence-electron chi connectivity index (χ4n) is 1.85. The van der Waals surface area contributed by atoms with Gasteiger partial charge in [0.05, 0.1) is 0 Å². The second kappa shape index (κ2) is 3.67. The molecule has 1 N–H and O–H groups in total. The van der Waals surface area contributed by atoms with Crippen molar-refractivity contribution < 1.29 is 0 Å². The van der Waals surface area contributed by atoms with Gasteiger partial charge in [0, 0.05) is 26.5 Å². The van der Waals surface area contributed by atoms with Crippen molar-refractivity contribution >= 4 is 35.2 Å². The van der Waals surface area contributed by atoms with Crippen molar-refractivity contribution in [3.8, 4) is 0 Å². The van der Waals surface area contributed by atoms with Gasteiger partial charge in [0.25, 0.3) is 0 Å². The number of rotatable bonds is 0. The highest BCUT2D eigenvalue weighted by atomic mass is 35.5. The number of fused-ring (bicyclic) bond motifs is 1. The van der Waals surface area contributed by atoms with Gasteiger partial charge in [-0.1, -0.05) is 51.1 Å². The number of halogens is 1. The maximum absolute atomic E-state index is 5.96. The van der Waals surface area contributed by atoms with Crippen LogP contribution >= 0.6 is 11.6 Å². The summed E-state index contributed by atoms with van der Waals surface area (Å²) < 4.78 is 0. The Morgan fingerprint density at radius 2 is 2.00 bits per heavy atom. The molecule has 0 unspecified atom stereocenters. The third-order valence-corrected chi connectivity index (χ3v) is 2.69. The molecule has 0 aliphatic heterocycles. The molecule has 0 aliphatic carbocycles. The van der Waals surface area contributed by atoms with Gasteiger partial charge in [-0.05, 0) is 17.5 Å². The third kappa shape index (κ3) is 2.14. The number of aromatic amines is 1. The van der Waals surface area contributed by atoms with Gasteiger partial charge in [-0.25, -0.2) is 0 Å². The van der Waals surface area contributed by atoms with E-state index in [1.54, 1.807) is 0 Å². The van der Waals surface area contributed by atoms with E-state index >= 15 is 0 Å². The van der Waals surface area contributed by atoms with Gasteiger partial charge in [0.2, 0.25) is 0 Å². The highest BCUT2D eigenvalue weighted by Gasteiger charge is 2.07. The van der Waals surface area contributed by atoms with Crippen LogP contribution < -0.4 is 10.6 Å². The Bertz CT molecular complexity index is 629. The van der Waals surface area contributed by atoms with Gasteiger partial charge in [-0.3, -0.25) is 0 Å². The van der Waals surface area contributed by atoms with Crippen LogP contribution in [0.15, 0.2) is 18.2 Å². The molecule has 0 atom stereocenters. The van der Waals surface area contributed by atoms with Gasteiger partial charge in [-0.15, -0.1) is 0 Å². The fraction of sp³-hybridized carbons (Fsp3) is 0.286. The molecule has 2 heteroatoms. The average Bonchev–Trinajstić information content (AvgIpc) is 2.40. The van der Waals surface area contributed by atoms with Crippen LogP contribution in [0.2, 0.25) is 5.02 Å². The number of hydrogen-bond donors (Lipinski definition) is 1. The fourth-order valence-corrected chi connectivity index (χ4v) is 2.02. The molecule has 0 fully saturated rings. The summed E-state index contributed by atoms with van der Waals surface area (Å²) in [5.41, 5.74) is 1.19. The molecule has 1 nitrogen and oxygen atoms in total. The minimum atomic E-state index is 0.140. The SMILES string of the molecule is C=c1[nH]c2cc(Cl)ccc2/c1=C\C(C)(C)C. The molecule has 0 bridgehead atoms. The van der Waals surface area contributed by atoms with Crippen LogP contribution in [0, 0.1) is 5.41 Å². The number of nitrogens with one attached hydrogen (secondary N) is 1. The van der Waals surface area contributed by atoms with Gasteiger partial charge in [0.1, 0.15) is 0 Å². The van der Waals surface area contributed by atoms with E-state index in [9.17, 15) is 0 Å². The number of benzene rings is 1. The third-order valence-electron chi connectivity index (χ3n) is 2.46. The van der Waals surface area contributed by atoms with Crippen LogP contribution in [0.5, 0.6) is 0 Å². The predicted molar refractivity (Wildman–Crippen MR) is 72.0 cm³/mol. The zero-order valence-electron chi connectivity index (χ0n) is 9.89. The summed E-state index contributed by atoms with van der Waals surface area (Å²) in [5.74, 6) is 0. The van der Waals surface area contributed by atoms with Gasteiger partial charge in [0.15, 0.2) is 0 Å². The maximum Gasteiger partial charge on any atom is 0.0479 e. The first-order valence-corrected chi connectivity index (χ1v) is 5.74. The molecule has 2 rings (SSSR count). The van der Waals surface area contributed by atoms with E-state index < -0.39 is 0 Å². The molecule has 0 amide bonds. The van der Waals surface area contributed by atoms with Crippen molar-refractivity contribution in [3.63, 3.8) is 0 Å². The topological polar surface area (TPSA) is 15.8 Å². The number of H-pyrrole nitrogens is 1. The molecule has 0 aliphatic rings. The molecule has 84 valence electrons. The summed E-state index contributed by atoms with van der Waals surface area (Å²) in [4.78, 5) is 3.26. The summed E-state index contributed by atoms with van der Waals surface area (Å²) in [5, 5.41) is 4.06. The molecule has 0 saturated carbocycles. The molecule has 16 heavy (non-hydrogen) atoms. The Morgan fingerprint density at radius 3 is 2.62 bits per heavy atom. The van der Waals surface area contributed by atoms with Crippen molar-refractivity contribution in [2.24, 2.45) is 5.41 Å². The van der Waals surface area contributed by atoms with Crippen LogP contribution in [0.3, 0.4) is 0 Å². The van der Waals surface area contributed by atoms with E-state index in [-0.39, 0.29) is 5.41 Å². The van der Waals surface area contributed by atoms with Crippen molar-refractivity contribution in [2.75, 3.05) is 0 Å². The highest BCUT2D eigenvalue weighted by molar-refractivity contribution is 6.31. The lowest BCUT2D eigenvalue weighted by atomic mass is 9.95. The van der Waals surface area contributed by atoms with E-state index in [0.717, 1.165) is 15.9 Å². The smallest absolute Gasteiger partial charge is 0.0479 e. The van der Waals surface area contributed by atoms with Crippen LogP contribution in [0.1, 0.15) is 20.8 Å². The lowest BCUT2D eigenvalue weighted by Crippen LogP contribution is -2.23. The van der Waals surface area contributed by atoms with Crippen molar-refractivity contribution in [1.82, 2.24) is 4.98 Å². The van der Waals surface area contributed by atoms with Crippen molar-refractivity contribution in [1.29, 1.82) is 0 Å². The van der Waals surface area contributed by atoms with Gasteiger partial charge < -0.3 is 4.98 Å². The van der Waals surface area contributed by atoms with E-state index in [0.29, 0.717) is 0 Å². The first kappa shape index (κ1) is 11.3. The zero-order chi connectivity index (χ0) is 11.9. The summed E-state index contributed by atoms with van der Waals surface area (Å²) in [6.07, 6.45) is 2.24. The largest absolute Gasteiger partial charge is 0.355 e. The highest BCUT2D eigenvalue weighted by Crippen LogP contribution is 2.17. The minimum Gasteiger partial charge on any atom is -0.355 e. The first-order valence-electron chi connectivity index (χ1n) is 5.36. The normalized spacial score (nSPS) is 13.6. The summed E-state index contributed by atoms with van der Waals surface area (Å²) in [6.45, 7) is 10.6. The minimum absolute atomic E-state index is 0.140. The molecular formula is C14H16ClN. The van der Waals surface area contributed by atoms with E-state index in [1.807, 2.05) is 18.2 Å². The number of aromatic nitrogens is 1. The Hall–Kier alpha value is -1.21. The second-order valence-electron chi connectivity index (χ2n) is 5.22. The Labute approximate surface area is 100 Å². The summed E-state index contributed by atoms with van der Waals surface area (Å²) >= 11 is 5.96. The Kier molecular flexibility index (Phi) is 2.59. The molecule has 0 saturated heterocycles. The zero-order valence-corrected chi connectivity index (χ0v) is 10.7. The lowest BCUT2D eigenvalue weighted by Gasteiger charge is -2.10. The average molecular weight is 234 g/mol. The van der Waals surface area contributed by atoms with Gasteiger partial charge >= 0.3 is 0 Å². The standard InChI is InChI=1S/C14H16ClN/c1-9-12(8-14(2,3)4)11-6-5-10(15)7-13(11)16-9/h5-8,16H,1H2,2-4H3/b12-8-. The van der Waals surface area contributed by atoms with E-state index in [1.165, 1.54) is 10.6 Å². The van der Waals surface area contributed by atoms with Gasteiger partial charge in [-0.2, -0.15) is 0 Å². The molecule has 1 aromatic heterocycles. The first-order chi connectivity index (χ1) is 7.37. The summed E-state index contributed by atoms with van der Waals surface area (Å²) in [7, 11) is 0. The van der Waals surface area contributed by atoms with E-state index in [2.05, 4.69) is 38.4 Å². The van der Waals surface area contributed by atoms with Crippen molar-refractivity contribution in [3.05, 3.63) is 33.8 Å². The Balaban J connectivity index is 2.86. The lowest BCUT2D eigenvalue weighted by molar-refractivity contribution is 0.584. The van der Waals surface area contributed by atoms with Crippen LogP contribution in [-0.2, 0) is 0 Å². The predicted octanol–water partition coefficient (Wildman–Crippen LogP) is 3.06. The molecule has 2 aromatic rings. The molecule has 1 aromatic carbocycles. The summed E-state index contributed by atoms with van der Waals surface area (Å²) in [6, 6.07) is 5.89. The molecule has 1 heterocycles. The number of hydrogen-bond acceptors (Lipinski definition) is 0. The van der Waals surface area contributed by atoms with Crippen LogP contribution in [-0.4, -0.2) is 4.98 Å². The maximum atomic E-state index is 5.96. The molecular weight excluding hydrogens is 218 g/mol. The second-order valence-corrected chi connectivity index (χ2v) is 5.65. The van der Waals surface area contributed by atoms with Crippen LogP contribution in [0.4, 0.5) is 0 Å². The monoisotopic (exact) mass is 233 g/mol. The quantitative estimate of drug-likeness (QED) is 0.720. The molecule has 0 spiro atoms. The van der Waals surface area contributed by atoms with Crippen LogP contribution in [0.25, 0.3) is 23.6 Å². The van der Waals surface area contributed by atoms with E-state index in [4.69, 9.17) is 11.6 Å². The molecule has 0 radical (unpaired) electrons. The van der Waals surface area contributed by atoms with Crippen molar-refractivity contribution in [2.45, 2.75) is 20.8 Å².